The first kappa shape index (κ1) is 25.0. The standard InChI is InChI=1S/C31H42N4O/c1-20(2)27-24-18-23(10-11-25(24)34-28(27)22-12-15-33-21(3)17-22)30(4,5)29(36)35-16-8-14-31(19-35)13-7-6-9-26(31)32/h10-12,15,17-18,20,26,34H,6-9,13-14,16,19,32H2,1-5H3. The van der Waals surface area contributed by atoms with Crippen LogP contribution < -0.4 is 5.73 Å². The van der Waals surface area contributed by atoms with Crippen molar-refractivity contribution in [1.82, 2.24) is 14.9 Å². The van der Waals surface area contributed by atoms with Crippen LogP contribution in [0.15, 0.2) is 36.5 Å². The number of aromatic nitrogens is 2. The molecule has 0 radical (unpaired) electrons. The number of carbonyl (C=O) groups is 1. The summed E-state index contributed by atoms with van der Waals surface area (Å²) < 4.78 is 0. The summed E-state index contributed by atoms with van der Waals surface area (Å²) in [7, 11) is 0. The normalized spacial score (nSPS) is 23.1. The van der Waals surface area contributed by atoms with Gasteiger partial charge < -0.3 is 15.6 Å². The van der Waals surface area contributed by atoms with E-state index in [0.717, 1.165) is 66.8 Å². The maximum atomic E-state index is 14.0. The molecule has 3 heterocycles. The van der Waals surface area contributed by atoms with E-state index in [1.54, 1.807) is 0 Å². The van der Waals surface area contributed by atoms with Crippen LogP contribution in [0.4, 0.5) is 0 Å². The molecule has 1 aromatic carbocycles. The molecule has 2 atom stereocenters. The van der Waals surface area contributed by atoms with Gasteiger partial charge in [-0.05, 0) is 87.8 Å². The molecule has 1 saturated carbocycles. The minimum atomic E-state index is -0.607. The highest BCUT2D eigenvalue weighted by molar-refractivity contribution is 5.94. The predicted molar refractivity (Wildman–Crippen MR) is 148 cm³/mol. The number of piperidine rings is 1. The Kier molecular flexibility index (Phi) is 6.48. The fourth-order valence-electron chi connectivity index (χ4n) is 6.82. The maximum absolute atomic E-state index is 14.0. The number of nitrogens with two attached hydrogens (primary N) is 1. The van der Waals surface area contributed by atoms with Gasteiger partial charge in [-0.1, -0.05) is 32.8 Å². The van der Waals surface area contributed by atoms with Gasteiger partial charge in [0, 0.05) is 52.9 Å². The number of amides is 1. The third kappa shape index (κ3) is 4.26. The molecule has 2 unspecified atom stereocenters. The second-order valence-electron chi connectivity index (χ2n) is 12.2. The van der Waals surface area contributed by atoms with Gasteiger partial charge in [0.15, 0.2) is 0 Å². The summed E-state index contributed by atoms with van der Waals surface area (Å²) in [6.07, 6.45) is 8.78. The molecule has 2 fully saturated rings. The molecular formula is C31H42N4O. The van der Waals surface area contributed by atoms with Crippen LogP contribution in [0.25, 0.3) is 22.2 Å². The van der Waals surface area contributed by atoms with Crippen LogP contribution in [-0.4, -0.2) is 39.9 Å². The Labute approximate surface area is 215 Å². The highest BCUT2D eigenvalue weighted by Crippen LogP contribution is 2.44. The van der Waals surface area contributed by atoms with Crippen LogP contribution in [0, 0.1) is 12.3 Å². The first-order chi connectivity index (χ1) is 17.1. The van der Waals surface area contributed by atoms with Crippen molar-refractivity contribution in [1.29, 1.82) is 0 Å². The molecule has 1 aliphatic carbocycles. The van der Waals surface area contributed by atoms with Gasteiger partial charge in [-0.25, -0.2) is 0 Å². The van der Waals surface area contributed by atoms with Crippen LogP contribution >= 0.6 is 0 Å². The van der Waals surface area contributed by atoms with Gasteiger partial charge in [-0.3, -0.25) is 9.78 Å². The Morgan fingerprint density at radius 1 is 1.17 bits per heavy atom. The van der Waals surface area contributed by atoms with Gasteiger partial charge in [-0.15, -0.1) is 0 Å². The van der Waals surface area contributed by atoms with E-state index in [9.17, 15) is 4.79 Å². The van der Waals surface area contributed by atoms with Crippen molar-refractivity contribution in [3.8, 4) is 11.3 Å². The summed E-state index contributed by atoms with van der Waals surface area (Å²) in [4.78, 5) is 24.2. The Balaban J connectivity index is 1.50. The number of nitrogens with zero attached hydrogens (tertiary/aromatic N) is 2. The van der Waals surface area contributed by atoms with E-state index >= 15 is 0 Å². The lowest BCUT2D eigenvalue weighted by Crippen LogP contribution is -2.57. The zero-order valence-corrected chi connectivity index (χ0v) is 22.7. The minimum absolute atomic E-state index is 0.106. The van der Waals surface area contributed by atoms with E-state index < -0.39 is 5.41 Å². The molecule has 1 aliphatic heterocycles. The van der Waals surface area contributed by atoms with Crippen molar-refractivity contribution < 1.29 is 4.79 Å². The molecular weight excluding hydrogens is 444 g/mol. The average molecular weight is 487 g/mol. The number of carbonyl (C=O) groups excluding carboxylic acids is 1. The van der Waals surface area contributed by atoms with Crippen molar-refractivity contribution in [2.75, 3.05) is 13.1 Å². The number of aromatic amines is 1. The van der Waals surface area contributed by atoms with Crippen LogP contribution in [0.2, 0.25) is 0 Å². The fourth-order valence-corrected chi connectivity index (χ4v) is 6.82. The molecule has 0 bridgehead atoms. The smallest absolute Gasteiger partial charge is 0.232 e. The number of fused-ring (bicyclic) bond motifs is 1. The summed E-state index contributed by atoms with van der Waals surface area (Å²) in [5.41, 5.74) is 12.9. The number of pyridine rings is 1. The molecule has 1 spiro atoms. The number of likely N-dealkylation sites (tertiary alicyclic amines) is 1. The zero-order chi connectivity index (χ0) is 25.7. The van der Waals surface area contributed by atoms with Crippen LogP contribution in [0.5, 0.6) is 0 Å². The summed E-state index contributed by atoms with van der Waals surface area (Å²) in [5, 5.41) is 1.21. The second-order valence-corrected chi connectivity index (χ2v) is 12.2. The Morgan fingerprint density at radius 3 is 2.67 bits per heavy atom. The molecule has 192 valence electrons. The molecule has 36 heavy (non-hydrogen) atoms. The van der Waals surface area contributed by atoms with E-state index in [0.29, 0.717) is 5.92 Å². The lowest BCUT2D eigenvalue weighted by molar-refractivity contribution is -0.141. The molecule has 5 heteroatoms. The van der Waals surface area contributed by atoms with Crippen molar-refractivity contribution in [3.63, 3.8) is 0 Å². The summed E-state index contributed by atoms with van der Waals surface area (Å²) in [6, 6.07) is 11.0. The molecule has 3 N–H and O–H groups in total. The highest BCUT2D eigenvalue weighted by Gasteiger charge is 2.45. The molecule has 1 amide bonds. The van der Waals surface area contributed by atoms with Crippen molar-refractivity contribution in [3.05, 3.63) is 53.3 Å². The van der Waals surface area contributed by atoms with E-state index in [1.807, 2.05) is 13.1 Å². The Morgan fingerprint density at radius 2 is 1.94 bits per heavy atom. The highest BCUT2D eigenvalue weighted by atomic mass is 16.2. The summed E-state index contributed by atoms with van der Waals surface area (Å²) in [6.45, 7) is 12.3. The number of aryl methyl sites for hydroxylation is 1. The summed E-state index contributed by atoms with van der Waals surface area (Å²) in [5.74, 6) is 0.566. The molecule has 2 aliphatic rings. The van der Waals surface area contributed by atoms with Gasteiger partial charge >= 0.3 is 0 Å². The van der Waals surface area contributed by atoms with Crippen molar-refractivity contribution >= 4 is 16.8 Å². The quantitative estimate of drug-likeness (QED) is 0.445. The van der Waals surface area contributed by atoms with Crippen molar-refractivity contribution in [2.24, 2.45) is 11.1 Å². The minimum Gasteiger partial charge on any atom is -0.354 e. The molecule has 1 saturated heterocycles. The molecule has 5 nitrogen and oxygen atoms in total. The van der Waals surface area contributed by atoms with Gasteiger partial charge in [-0.2, -0.15) is 0 Å². The molecule has 2 aromatic heterocycles. The Bertz CT molecular complexity index is 1270. The fraction of sp³-hybridized carbons (Fsp3) is 0.548. The SMILES string of the molecule is Cc1cc(-c2[nH]c3ccc(C(C)(C)C(=O)N4CCCC5(CCCCC5N)C4)cc3c2C(C)C)ccn1. The van der Waals surface area contributed by atoms with Crippen LogP contribution in [0.3, 0.4) is 0 Å². The van der Waals surface area contributed by atoms with E-state index in [1.165, 1.54) is 23.8 Å². The lowest BCUT2D eigenvalue weighted by atomic mass is 9.66. The number of hydrogen-bond donors (Lipinski definition) is 2. The predicted octanol–water partition coefficient (Wildman–Crippen LogP) is 6.45. The average Bonchev–Trinajstić information content (AvgIpc) is 3.25. The lowest BCUT2D eigenvalue weighted by Gasteiger charge is -2.50. The topological polar surface area (TPSA) is 75.0 Å². The van der Waals surface area contributed by atoms with Gasteiger partial charge in [0.2, 0.25) is 5.91 Å². The zero-order valence-electron chi connectivity index (χ0n) is 22.7. The monoisotopic (exact) mass is 486 g/mol. The van der Waals surface area contributed by atoms with Gasteiger partial charge in [0.1, 0.15) is 0 Å². The van der Waals surface area contributed by atoms with Crippen molar-refractivity contribution in [2.45, 2.75) is 90.5 Å². The number of rotatable bonds is 4. The Hall–Kier alpha value is -2.66. The van der Waals surface area contributed by atoms with E-state index in [2.05, 4.69) is 72.9 Å². The van der Waals surface area contributed by atoms with E-state index in [4.69, 9.17) is 5.73 Å². The number of benzene rings is 1. The van der Waals surface area contributed by atoms with Crippen LogP contribution in [-0.2, 0) is 10.2 Å². The van der Waals surface area contributed by atoms with Crippen LogP contribution in [0.1, 0.15) is 89.0 Å². The first-order valence-electron chi connectivity index (χ1n) is 13.8. The van der Waals surface area contributed by atoms with Gasteiger partial charge in [0.25, 0.3) is 0 Å². The third-order valence-corrected chi connectivity index (χ3v) is 8.98. The largest absolute Gasteiger partial charge is 0.354 e. The number of H-pyrrole nitrogens is 1. The summed E-state index contributed by atoms with van der Waals surface area (Å²) >= 11 is 0. The second kappa shape index (κ2) is 9.33. The molecule has 5 rings (SSSR count). The first-order valence-corrected chi connectivity index (χ1v) is 13.8. The number of hydrogen-bond acceptors (Lipinski definition) is 3. The number of nitrogens with one attached hydrogen (secondary N) is 1. The third-order valence-electron chi connectivity index (χ3n) is 8.98. The molecule has 3 aromatic rings. The maximum Gasteiger partial charge on any atom is 0.232 e. The van der Waals surface area contributed by atoms with Gasteiger partial charge in [0.05, 0.1) is 11.1 Å². The van der Waals surface area contributed by atoms with E-state index in [-0.39, 0.29) is 17.4 Å².